The van der Waals surface area contributed by atoms with Crippen LogP contribution in [0.1, 0.15) is 11.1 Å². The summed E-state index contributed by atoms with van der Waals surface area (Å²) in [7, 11) is 0. The van der Waals surface area contributed by atoms with Gasteiger partial charge in [-0.15, -0.1) is 0 Å². The van der Waals surface area contributed by atoms with Gasteiger partial charge in [-0.05, 0) is 42.2 Å². The maximum Gasteiger partial charge on any atom is 0.126 e. The van der Waals surface area contributed by atoms with Crippen LogP contribution in [-0.4, -0.2) is 11.0 Å². The summed E-state index contributed by atoms with van der Waals surface area (Å²) >= 11 is 0. The Morgan fingerprint density at radius 1 is 1.06 bits per heavy atom. The van der Waals surface area contributed by atoms with E-state index < -0.39 is 11.6 Å². The maximum atomic E-state index is 13.0. The van der Waals surface area contributed by atoms with Gasteiger partial charge in [0.2, 0.25) is 0 Å². The Labute approximate surface area is 104 Å². The van der Waals surface area contributed by atoms with Crippen LogP contribution in [0.3, 0.4) is 0 Å². The molecule has 0 fully saturated rings. The van der Waals surface area contributed by atoms with Gasteiger partial charge in [0, 0.05) is 24.5 Å². The molecule has 0 amide bonds. The number of rotatable bonds is 4. The predicted octanol–water partition coefficient (Wildman–Crippen LogP) is 2.47. The van der Waals surface area contributed by atoms with Gasteiger partial charge in [0.15, 0.2) is 0 Å². The summed E-state index contributed by atoms with van der Waals surface area (Å²) in [6, 6.07) is 7.06. The van der Waals surface area contributed by atoms with E-state index in [1.807, 2.05) is 12.1 Å². The minimum atomic E-state index is -0.571. The van der Waals surface area contributed by atoms with Gasteiger partial charge in [-0.1, -0.05) is 6.07 Å². The number of nitrogens with zero attached hydrogens (tertiary/aromatic N) is 1. The second-order valence-corrected chi connectivity index (χ2v) is 4.31. The molecule has 2 N–H and O–H groups in total. The van der Waals surface area contributed by atoms with Crippen molar-refractivity contribution in [3.63, 3.8) is 0 Å². The molecule has 0 saturated heterocycles. The summed E-state index contributed by atoms with van der Waals surface area (Å²) in [5.41, 5.74) is 7.55. The molecule has 0 saturated carbocycles. The smallest absolute Gasteiger partial charge is 0.126 e. The fourth-order valence-corrected chi connectivity index (χ4v) is 1.93. The van der Waals surface area contributed by atoms with Crippen LogP contribution in [0.15, 0.2) is 42.7 Å². The highest BCUT2D eigenvalue weighted by molar-refractivity contribution is 5.20. The minimum absolute atomic E-state index is 0.185. The van der Waals surface area contributed by atoms with Crippen molar-refractivity contribution in [1.29, 1.82) is 0 Å². The lowest BCUT2D eigenvalue weighted by molar-refractivity contribution is 0.574. The summed E-state index contributed by atoms with van der Waals surface area (Å²) in [5.74, 6) is -1.14. The van der Waals surface area contributed by atoms with E-state index in [0.717, 1.165) is 11.6 Å². The summed E-state index contributed by atoms with van der Waals surface area (Å²) in [6.07, 6.45) is 4.50. The van der Waals surface area contributed by atoms with Gasteiger partial charge in [-0.25, -0.2) is 8.78 Å². The van der Waals surface area contributed by atoms with Crippen LogP contribution in [0.4, 0.5) is 8.78 Å². The highest BCUT2D eigenvalue weighted by atomic mass is 19.1. The van der Waals surface area contributed by atoms with Crippen LogP contribution in [-0.2, 0) is 12.8 Å². The number of hydrogen-bond acceptors (Lipinski definition) is 2. The molecule has 0 radical (unpaired) electrons. The molecule has 94 valence electrons. The summed E-state index contributed by atoms with van der Waals surface area (Å²) in [5, 5.41) is 0. The minimum Gasteiger partial charge on any atom is -0.327 e. The Hall–Kier alpha value is -1.81. The van der Waals surface area contributed by atoms with Crippen LogP contribution in [0, 0.1) is 11.6 Å². The van der Waals surface area contributed by atoms with Crippen molar-refractivity contribution in [2.75, 3.05) is 0 Å². The normalized spacial score (nSPS) is 12.4. The average molecular weight is 248 g/mol. The molecule has 4 heteroatoms. The van der Waals surface area contributed by atoms with E-state index in [2.05, 4.69) is 4.98 Å². The van der Waals surface area contributed by atoms with Crippen molar-refractivity contribution in [3.05, 3.63) is 65.5 Å². The molecule has 1 aromatic carbocycles. The molecule has 1 atom stereocenters. The molecule has 0 aliphatic carbocycles. The third-order valence-electron chi connectivity index (χ3n) is 2.64. The fraction of sp³-hybridized carbons (Fsp3) is 0.214. The van der Waals surface area contributed by atoms with Gasteiger partial charge in [0.25, 0.3) is 0 Å². The van der Waals surface area contributed by atoms with E-state index in [-0.39, 0.29) is 6.04 Å². The molecular weight excluding hydrogens is 234 g/mol. The van der Waals surface area contributed by atoms with E-state index >= 15 is 0 Å². The van der Waals surface area contributed by atoms with Crippen molar-refractivity contribution in [2.24, 2.45) is 5.73 Å². The van der Waals surface area contributed by atoms with Gasteiger partial charge in [-0.3, -0.25) is 4.98 Å². The lowest BCUT2D eigenvalue weighted by atomic mass is 10.0. The summed E-state index contributed by atoms with van der Waals surface area (Å²) in [6.45, 7) is 0. The molecule has 18 heavy (non-hydrogen) atoms. The zero-order valence-electron chi connectivity index (χ0n) is 9.81. The molecule has 0 aliphatic heterocycles. The molecule has 2 rings (SSSR count). The topological polar surface area (TPSA) is 38.9 Å². The lowest BCUT2D eigenvalue weighted by Gasteiger charge is -2.11. The van der Waals surface area contributed by atoms with Crippen LogP contribution in [0.2, 0.25) is 0 Å². The standard InChI is InChI=1S/C14H14F2N2/c15-12-4-11(5-13(16)8-12)7-14(17)6-10-2-1-3-18-9-10/h1-5,8-9,14H,6-7,17H2. The lowest BCUT2D eigenvalue weighted by Crippen LogP contribution is -2.25. The van der Waals surface area contributed by atoms with Gasteiger partial charge < -0.3 is 5.73 Å². The van der Waals surface area contributed by atoms with E-state index in [1.165, 1.54) is 12.1 Å². The average Bonchev–Trinajstić information content (AvgIpc) is 2.28. The molecular formula is C14H14F2N2. The molecule has 1 unspecified atom stereocenters. The van der Waals surface area contributed by atoms with E-state index in [1.54, 1.807) is 12.4 Å². The van der Waals surface area contributed by atoms with Gasteiger partial charge in [0.1, 0.15) is 11.6 Å². The Kier molecular flexibility index (Phi) is 3.99. The first kappa shape index (κ1) is 12.6. The fourth-order valence-electron chi connectivity index (χ4n) is 1.93. The van der Waals surface area contributed by atoms with Crippen LogP contribution < -0.4 is 5.73 Å². The second-order valence-electron chi connectivity index (χ2n) is 4.31. The molecule has 2 nitrogen and oxygen atoms in total. The van der Waals surface area contributed by atoms with Crippen LogP contribution in [0.25, 0.3) is 0 Å². The molecule has 0 spiro atoms. The van der Waals surface area contributed by atoms with Crippen molar-refractivity contribution in [3.8, 4) is 0 Å². The van der Waals surface area contributed by atoms with Crippen LogP contribution in [0.5, 0.6) is 0 Å². The third-order valence-corrected chi connectivity index (χ3v) is 2.64. The number of hydrogen-bond donors (Lipinski definition) is 1. The first-order chi connectivity index (χ1) is 8.63. The van der Waals surface area contributed by atoms with Gasteiger partial charge in [-0.2, -0.15) is 0 Å². The van der Waals surface area contributed by atoms with Crippen molar-refractivity contribution < 1.29 is 8.78 Å². The first-order valence-electron chi connectivity index (χ1n) is 5.73. The Morgan fingerprint density at radius 2 is 1.72 bits per heavy atom. The van der Waals surface area contributed by atoms with Crippen molar-refractivity contribution in [2.45, 2.75) is 18.9 Å². The maximum absolute atomic E-state index is 13.0. The largest absolute Gasteiger partial charge is 0.327 e. The number of nitrogens with two attached hydrogens (primary N) is 1. The Morgan fingerprint density at radius 3 is 2.33 bits per heavy atom. The van der Waals surface area contributed by atoms with E-state index in [9.17, 15) is 8.78 Å². The quantitative estimate of drug-likeness (QED) is 0.902. The predicted molar refractivity (Wildman–Crippen MR) is 66.0 cm³/mol. The third kappa shape index (κ3) is 3.60. The van der Waals surface area contributed by atoms with Crippen molar-refractivity contribution >= 4 is 0 Å². The number of benzene rings is 1. The molecule has 2 aromatic rings. The van der Waals surface area contributed by atoms with Crippen molar-refractivity contribution in [1.82, 2.24) is 4.98 Å². The second kappa shape index (κ2) is 5.69. The number of halogens is 2. The molecule has 1 aromatic heterocycles. The summed E-state index contributed by atoms with van der Waals surface area (Å²) < 4.78 is 26.0. The van der Waals surface area contributed by atoms with Crippen LogP contribution >= 0.6 is 0 Å². The zero-order chi connectivity index (χ0) is 13.0. The highest BCUT2D eigenvalue weighted by Crippen LogP contribution is 2.11. The number of aromatic nitrogens is 1. The Balaban J connectivity index is 2.01. The first-order valence-corrected chi connectivity index (χ1v) is 5.73. The zero-order valence-corrected chi connectivity index (χ0v) is 9.81. The monoisotopic (exact) mass is 248 g/mol. The van der Waals surface area contributed by atoms with Gasteiger partial charge >= 0.3 is 0 Å². The van der Waals surface area contributed by atoms with E-state index in [0.29, 0.717) is 18.4 Å². The molecule has 1 heterocycles. The van der Waals surface area contributed by atoms with Gasteiger partial charge in [0.05, 0.1) is 0 Å². The SMILES string of the molecule is NC(Cc1cccnc1)Cc1cc(F)cc(F)c1. The van der Waals surface area contributed by atoms with E-state index in [4.69, 9.17) is 5.73 Å². The number of pyridine rings is 1. The summed E-state index contributed by atoms with van der Waals surface area (Å²) in [4.78, 5) is 4.00. The highest BCUT2D eigenvalue weighted by Gasteiger charge is 2.08. The molecule has 0 aliphatic rings. The Bertz CT molecular complexity index is 494. The molecule has 0 bridgehead atoms.